The van der Waals surface area contributed by atoms with E-state index in [4.69, 9.17) is 12.2 Å². The lowest BCUT2D eigenvalue weighted by molar-refractivity contribution is 0.395. The molecular formula is C18H29N3O4S2. The first-order valence-electron chi connectivity index (χ1n) is 9.56. The summed E-state index contributed by atoms with van der Waals surface area (Å²) in [5.41, 5.74) is -0.0970. The first-order valence-corrected chi connectivity index (χ1v) is 11.8. The summed E-state index contributed by atoms with van der Waals surface area (Å²) in [5, 5.41) is 10.6. The Labute approximate surface area is 165 Å². The van der Waals surface area contributed by atoms with Gasteiger partial charge >= 0.3 is 0 Å². The van der Waals surface area contributed by atoms with E-state index in [0.717, 1.165) is 19.3 Å². The predicted molar refractivity (Wildman–Crippen MR) is 110 cm³/mol. The van der Waals surface area contributed by atoms with Gasteiger partial charge < -0.3 is 5.11 Å². The van der Waals surface area contributed by atoms with Crippen molar-refractivity contribution >= 4 is 27.8 Å². The van der Waals surface area contributed by atoms with Crippen LogP contribution in [-0.4, -0.2) is 46.3 Å². The average molecular weight is 416 g/mol. The highest BCUT2D eigenvalue weighted by molar-refractivity contribution is 7.91. The van der Waals surface area contributed by atoms with E-state index in [2.05, 4.69) is 16.9 Å². The van der Waals surface area contributed by atoms with Crippen LogP contribution in [0.3, 0.4) is 0 Å². The molecule has 0 unspecified atom stereocenters. The van der Waals surface area contributed by atoms with Crippen molar-refractivity contribution in [2.45, 2.75) is 71.4 Å². The molecule has 1 fully saturated rings. The van der Waals surface area contributed by atoms with Crippen molar-refractivity contribution in [1.29, 1.82) is 0 Å². The fraction of sp³-hybridized carbons (Fsp3) is 0.722. The number of aromatic amines is 1. The molecule has 0 spiro atoms. The number of aromatic hydroxyl groups is 1. The van der Waals surface area contributed by atoms with E-state index in [9.17, 15) is 18.3 Å². The molecule has 1 aromatic heterocycles. The number of nitrogens with zero attached hydrogens (tertiary/aromatic N) is 2. The maximum atomic E-state index is 12.3. The molecular weight excluding hydrogens is 386 g/mol. The van der Waals surface area contributed by atoms with Gasteiger partial charge in [-0.3, -0.25) is 19.3 Å². The third-order valence-corrected chi connectivity index (χ3v) is 6.93. The number of rotatable bonds is 9. The van der Waals surface area contributed by atoms with Gasteiger partial charge in [0.15, 0.2) is 14.6 Å². The van der Waals surface area contributed by atoms with Gasteiger partial charge in [0.05, 0.1) is 23.3 Å². The predicted octanol–water partition coefficient (Wildman–Crippen LogP) is 2.97. The Morgan fingerprint density at radius 1 is 1.30 bits per heavy atom. The van der Waals surface area contributed by atoms with Crippen molar-refractivity contribution in [3.8, 4) is 5.88 Å². The molecule has 0 aliphatic carbocycles. The van der Waals surface area contributed by atoms with Crippen molar-refractivity contribution in [3.05, 3.63) is 20.7 Å². The lowest BCUT2D eigenvalue weighted by Gasteiger charge is -2.13. The fourth-order valence-electron chi connectivity index (χ4n) is 3.36. The molecule has 2 N–H and O–H groups in total. The van der Waals surface area contributed by atoms with Gasteiger partial charge in [-0.1, -0.05) is 39.0 Å². The van der Waals surface area contributed by atoms with E-state index in [1.54, 1.807) is 6.92 Å². The average Bonchev–Trinajstić information content (AvgIpc) is 2.91. The van der Waals surface area contributed by atoms with Crippen LogP contribution in [-0.2, 0) is 16.4 Å². The summed E-state index contributed by atoms with van der Waals surface area (Å²) >= 11 is 5.19. The molecule has 1 aliphatic heterocycles. The van der Waals surface area contributed by atoms with Crippen LogP contribution in [0, 0.1) is 4.77 Å². The molecule has 0 radical (unpaired) electrons. The van der Waals surface area contributed by atoms with Gasteiger partial charge in [-0.05, 0) is 32.0 Å². The summed E-state index contributed by atoms with van der Waals surface area (Å²) in [7, 11) is -3.06. The lowest BCUT2D eigenvalue weighted by Crippen LogP contribution is -2.23. The van der Waals surface area contributed by atoms with Gasteiger partial charge in [-0.2, -0.15) is 0 Å². The van der Waals surface area contributed by atoms with Gasteiger partial charge in [0.2, 0.25) is 5.88 Å². The number of H-pyrrole nitrogens is 1. The van der Waals surface area contributed by atoms with Gasteiger partial charge in [0.25, 0.3) is 5.56 Å². The van der Waals surface area contributed by atoms with E-state index in [1.165, 1.54) is 23.8 Å². The molecule has 7 nitrogen and oxygen atoms in total. The minimum Gasteiger partial charge on any atom is -0.494 e. The molecule has 2 rings (SSSR count). The number of unbranched alkanes of at least 4 members (excludes halogenated alkanes) is 5. The van der Waals surface area contributed by atoms with Crippen LogP contribution < -0.4 is 5.56 Å². The Hall–Kier alpha value is -1.48. The second-order valence-corrected chi connectivity index (χ2v) is 9.76. The van der Waals surface area contributed by atoms with E-state index in [-0.39, 0.29) is 33.8 Å². The Morgan fingerprint density at radius 3 is 2.59 bits per heavy atom. The van der Waals surface area contributed by atoms with Crippen molar-refractivity contribution in [2.24, 2.45) is 4.99 Å². The Bertz CT molecular complexity index is 900. The first kappa shape index (κ1) is 21.8. The molecule has 0 bridgehead atoms. The molecule has 9 heteroatoms. The summed E-state index contributed by atoms with van der Waals surface area (Å²) in [4.78, 5) is 19.3. The number of hydrogen-bond donors (Lipinski definition) is 2. The topological polar surface area (TPSA) is 105 Å². The van der Waals surface area contributed by atoms with E-state index >= 15 is 0 Å². The van der Waals surface area contributed by atoms with E-state index < -0.39 is 15.4 Å². The quantitative estimate of drug-likeness (QED) is 0.366. The molecule has 1 saturated heterocycles. The Morgan fingerprint density at radius 2 is 1.96 bits per heavy atom. The van der Waals surface area contributed by atoms with Crippen molar-refractivity contribution in [3.63, 3.8) is 0 Å². The third-order valence-electron chi connectivity index (χ3n) is 4.85. The second kappa shape index (κ2) is 9.64. The van der Waals surface area contributed by atoms with Crippen LogP contribution in [0.1, 0.15) is 64.4 Å². The molecule has 1 aromatic rings. The lowest BCUT2D eigenvalue weighted by atomic mass is 10.1. The van der Waals surface area contributed by atoms with Crippen LogP contribution in [0.15, 0.2) is 9.79 Å². The zero-order valence-electron chi connectivity index (χ0n) is 16.0. The maximum absolute atomic E-state index is 12.3. The van der Waals surface area contributed by atoms with E-state index in [1.807, 2.05) is 0 Å². The highest BCUT2D eigenvalue weighted by Gasteiger charge is 2.28. The monoisotopic (exact) mass is 415 g/mol. The van der Waals surface area contributed by atoms with Gasteiger partial charge in [-0.15, -0.1) is 0 Å². The zero-order valence-corrected chi connectivity index (χ0v) is 17.7. The van der Waals surface area contributed by atoms with Crippen LogP contribution >= 0.6 is 12.2 Å². The maximum Gasteiger partial charge on any atom is 0.264 e. The molecule has 2 heterocycles. The Kier molecular flexibility index (Phi) is 7.79. The smallest absolute Gasteiger partial charge is 0.264 e. The molecule has 0 aromatic carbocycles. The molecule has 0 saturated carbocycles. The normalized spacial score (nSPS) is 19.5. The first-order chi connectivity index (χ1) is 12.7. The summed E-state index contributed by atoms with van der Waals surface area (Å²) in [6.07, 6.45) is 7.07. The molecule has 1 atom stereocenters. The number of nitrogens with one attached hydrogen (secondary N) is 1. The fourth-order valence-corrected chi connectivity index (χ4v) is 5.25. The number of sulfone groups is 1. The SMILES string of the molecule is CCCCCCCCn1c(O)c(C(C)=N[C@@H]2CCS(=O)(=O)C2)c(=O)[nH]c1=S. The highest BCUT2D eigenvalue weighted by Crippen LogP contribution is 2.19. The molecule has 27 heavy (non-hydrogen) atoms. The van der Waals surface area contributed by atoms with Gasteiger partial charge in [-0.25, -0.2) is 8.42 Å². The summed E-state index contributed by atoms with van der Waals surface area (Å²) in [6, 6.07) is -0.371. The highest BCUT2D eigenvalue weighted by atomic mass is 32.2. The summed E-state index contributed by atoms with van der Waals surface area (Å²) in [6.45, 7) is 4.31. The van der Waals surface area contributed by atoms with Crippen molar-refractivity contribution < 1.29 is 13.5 Å². The minimum absolute atomic E-state index is 0.0140. The van der Waals surface area contributed by atoms with Gasteiger partial charge in [0, 0.05) is 6.54 Å². The van der Waals surface area contributed by atoms with Crippen molar-refractivity contribution in [2.75, 3.05) is 11.5 Å². The second-order valence-electron chi connectivity index (χ2n) is 7.15. The standard InChI is InChI=1S/C18H29N3O4S2/c1-3-4-5-6-7-8-10-21-17(23)15(16(22)20-18(21)26)13(2)19-14-9-11-27(24,25)12-14/h14,23H,3-12H2,1-2H3,(H,20,22,26)/t14-/m1/s1. The molecule has 1 aliphatic rings. The number of hydrogen-bond acceptors (Lipinski definition) is 6. The number of aromatic nitrogens is 2. The zero-order chi connectivity index (χ0) is 20.0. The Balaban J connectivity index is 2.17. The summed E-state index contributed by atoms with van der Waals surface area (Å²) < 4.78 is 24.9. The number of aliphatic imine (C=N–C) groups is 1. The van der Waals surface area contributed by atoms with Crippen LogP contribution in [0.25, 0.3) is 0 Å². The van der Waals surface area contributed by atoms with E-state index in [0.29, 0.717) is 18.7 Å². The van der Waals surface area contributed by atoms with Crippen molar-refractivity contribution in [1.82, 2.24) is 9.55 Å². The minimum atomic E-state index is -3.06. The largest absolute Gasteiger partial charge is 0.494 e. The molecule has 0 amide bonds. The van der Waals surface area contributed by atoms with Crippen LogP contribution in [0.2, 0.25) is 0 Å². The summed E-state index contributed by atoms with van der Waals surface area (Å²) in [5.74, 6) is -0.0980. The van der Waals surface area contributed by atoms with Gasteiger partial charge in [0.1, 0.15) is 5.56 Å². The van der Waals surface area contributed by atoms with Crippen LogP contribution in [0.4, 0.5) is 0 Å². The van der Waals surface area contributed by atoms with Crippen LogP contribution in [0.5, 0.6) is 5.88 Å². The molecule has 152 valence electrons. The third kappa shape index (κ3) is 6.00.